The first-order valence-corrected chi connectivity index (χ1v) is 7.31. The lowest BCUT2D eigenvalue weighted by molar-refractivity contribution is -0.137. The Balaban J connectivity index is 2.59. The van der Waals surface area contributed by atoms with Crippen molar-refractivity contribution in [1.29, 1.82) is 0 Å². The van der Waals surface area contributed by atoms with Crippen molar-refractivity contribution in [3.8, 4) is 0 Å². The van der Waals surface area contributed by atoms with Crippen molar-refractivity contribution < 1.29 is 24.2 Å². The van der Waals surface area contributed by atoms with E-state index in [0.717, 1.165) is 11.3 Å². The van der Waals surface area contributed by atoms with Gasteiger partial charge in [0.1, 0.15) is 4.88 Å². The summed E-state index contributed by atoms with van der Waals surface area (Å²) in [5.74, 6) is -1.73. The highest BCUT2D eigenvalue weighted by atomic mass is 32.1. The maximum absolute atomic E-state index is 11.8. The van der Waals surface area contributed by atoms with Gasteiger partial charge < -0.3 is 15.2 Å². The Bertz CT molecular complexity index is 539. The van der Waals surface area contributed by atoms with Gasteiger partial charge in [0, 0.05) is 12.8 Å². The summed E-state index contributed by atoms with van der Waals surface area (Å²) >= 11 is 1.04. The first kappa shape index (κ1) is 17.1. The second-order valence-corrected chi connectivity index (χ2v) is 5.68. The quantitative estimate of drug-likeness (QED) is 0.747. The third-order valence-electron chi connectivity index (χ3n) is 2.37. The number of amides is 1. The van der Waals surface area contributed by atoms with Gasteiger partial charge in [-0.1, -0.05) is 11.3 Å². The number of anilines is 1. The lowest BCUT2D eigenvalue weighted by atomic mass is 10.2. The van der Waals surface area contributed by atoms with E-state index in [0.29, 0.717) is 15.7 Å². The van der Waals surface area contributed by atoms with Gasteiger partial charge in [0.15, 0.2) is 5.13 Å². The van der Waals surface area contributed by atoms with E-state index in [1.165, 1.54) is 0 Å². The predicted octanol–water partition coefficient (Wildman–Crippen LogP) is 2.21. The number of carbonyl (C=O) groups is 3. The number of carboxylic acids is 1. The lowest BCUT2D eigenvalue weighted by Crippen LogP contribution is -2.11. The van der Waals surface area contributed by atoms with Crippen molar-refractivity contribution in [2.45, 2.75) is 46.1 Å². The summed E-state index contributed by atoms with van der Waals surface area (Å²) in [6, 6.07) is 0. The maximum Gasteiger partial charge on any atom is 0.350 e. The third kappa shape index (κ3) is 5.90. The largest absolute Gasteiger partial charge is 0.481 e. The summed E-state index contributed by atoms with van der Waals surface area (Å²) in [4.78, 5) is 38.2. The molecule has 0 radical (unpaired) electrons. The Hall–Kier alpha value is -1.96. The van der Waals surface area contributed by atoms with E-state index >= 15 is 0 Å². The fourth-order valence-corrected chi connectivity index (χ4v) is 2.35. The van der Waals surface area contributed by atoms with Gasteiger partial charge in [-0.2, -0.15) is 0 Å². The number of hydrogen-bond donors (Lipinski definition) is 2. The molecule has 2 N–H and O–H groups in total. The minimum Gasteiger partial charge on any atom is -0.481 e. The van der Waals surface area contributed by atoms with Crippen molar-refractivity contribution >= 4 is 34.3 Å². The number of esters is 1. The molecule has 1 heterocycles. The van der Waals surface area contributed by atoms with E-state index in [-0.39, 0.29) is 31.3 Å². The SMILES string of the molecule is Cc1nc(NC(=O)CCCC(=O)O)sc1C(=O)OC(C)C. The van der Waals surface area contributed by atoms with Crippen LogP contribution in [0.3, 0.4) is 0 Å². The molecule has 7 nitrogen and oxygen atoms in total. The molecule has 1 amide bonds. The Morgan fingerprint density at radius 1 is 1.33 bits per heavy atom. The van der Waals surface area contributed by atoms with Crippen LogP contribution in [0, 0.1) is 6.92 Å². The maximum atomic E-state index is 11.8. The number of ether oxygens (including phenoxy) is 1. The molecule has 0 aromatic carbocycles. The van der Waals surface area contributed by atoms with Crippen LogP contribution in [0.15, 0.2) is 0 Å². The van der Waals surface area contributed by atoms with Crippen molar-refractivity contribution in [2.75, 3.05) is 5.32 Å². The number of carboxylic acid groups (broad SMARTS) is 1. The standard InChI is InChI=1S/C13H18N2O5S/c1-7(2)20-12(19)11-8(3)14-13(21-11)15-9(16)5-4-6-10(17)18/h7H,4-6H2,1-3H3,(H,17,18)(H,14,15,16). The second-order valence-electron chi connectivity index (χ2n) is 4.68. The molecule has 0 aliphatic carbocycles. The van der Waals surface area contributed by atoms with E-state index in [4.69, 9.17) is 9.84 Å². The number of aliphatic carboxylic acids is 1. The van der Waals surface area contributed by atoms with Crippen LogP contribution in [0.2, 0.25) is 0 Å². The van der Waals surface area contributed by atoms with Crippen molar-refractivity contribution in [3.05, 3.63) is 10.6 Å². The molecule has 0 saturated heterocycles. The molecule has 0 aliphatic heterocycles. The minimum absolute atomic E-state index is 0.0592. The van der Waals surface area contributed by atoms with Gasteiger partial charge >= 0.3 is 11.9 Å². The number of nitrogens with zero attached hydrogens (tertiary/aromatic N) is 1. The van der Waals surface area contributed by atoms with E-state index < -0.39 is 11.9 Å². The molecule has 0 aliphatic rings. The fraction of sp³-hybridized carbons (Fsp3) is 0.538. The zero-order valence-electron chi connectivity index (χ0n) is 12.1. The molecule has 0 atom stereocenters. The highest BCUT2D eigenvalue weighted by molar-refractivity contribution is 7.17. The third-order valence-corrected chi connectivity index (χ3v) is 3.42. The number of aryl methyl sites for hydroxylation is 1. The molecule has 0 saturated carbocycles. The number of hydrogen-bond acceptors (Lipinski definition) is 6. The smallest absolute Gasteiger partial charge is 0.350 e. The molecule has 1 aromatic heterocycles. The van der Waals surface area contributed by atoms with Gasteiger partial charge in [-0.25, -0.2) is 9.78 Å². The predicted molar refractivity (Wildman–Crippen MR) is 77.5 cm³/mol. The van der Waals surface area contributed by atoms with Gasteiger partial charge in [-0.15, -0.1) is 0 Å². The summed E-state index contributed by atoms with van der Waals surface area (Å²) < 4.78 is 5.08. The van der Waals surface area contributed by atoms with E-state index in [1.807, 2.05) is 0 Å². The molecular formula is C13H18N2O5S. The zero-order chi connectivity index (χ0) is 16.0. The van der Waals surface area contributed by atoms with Crippen LogP contribution in [0.5, 0.6) is 0 Å². The van der Waals surface area contributed by atoms with Crippen molar-refractivity contribution in [2.24, 2.45) is 0 Å². The van der Waals surface area contributed by atoms with Gasteiger partial charge in [-0.05, 0) is 27.2 Å². The second kappa shape index (κ2) is 7.72. The van der Waals surface area contributed by atoms with Crippen LogP contribution >= 0.6 is 11.3 Å². The average Bonchev–Trinajstić information content (AvgIpc) is 2.68. The molecule has 0 spiro atoms. The number of thiazole rings is 1. The van der Waals surface area contributed by atoms with Crippen LogP contribution in [0.25, 0.3) is 0 Å². The van der Waals surface area contributed by atoms with E-state index in [2.05, 4.69) is 10.3 Å². The molecule has 0 fully saturated rings. The Morgan fingerprint density at radius 3 is 2.57 bits per heavy atom. The first-order chi connectivity index (χ1) is 9.79. The highest BCUT2D eigenvalue weighted by Crippen LogP contribution is 2.24. The first-order valence-electron chi connectivity index (χ1n) is 6.49. The van der Waals surface area contributed by atoms with Crippen LogP contribution in [-0.4, -0.2) is 34.0 Å². The zero-order valence-corrected chi connectivity index (χ0v) is 13.0. The van der Waals surface area contributed by atoms with Crippen LogP contribution in [-0.2, 0) is 14.3 Å². The molecule has 8 heteroatoms. The Morgan fingerprint density at radius 2 is 2.00 bits per heavy atom. The summed E-state index contributed by atoms with van der Waals surface area (Å²) in [5, 5.41) is 11.4. The monoisotopic (exact) mass is 314 g/mol. The summed E-state index contributed by atoms with van der Waals surface area (Å²) in [6.45, 7) is 5.16. The normalized spacial score (nSPS) is 10.5. The fourth-order valence-electron chi connectivity index (χ4n) is 1.49. The van der Waals surface area contributed by atoms with E-state index in [1.54, 1.807) is 20.8 Å². The van der Waals surface area contributed by atoms with Crippen LogP contribution in [0.4, 0.5) is 5.13 Å². The average molecular weight is 314 g/mol. The summed E-state index contributed by atoms with van der Waals surface area (Å²) in [6.07, 6.45) is 0.0638. The summed E-state index contributed by atoms with van der Waals surface area (Å²) in [7, 11) is 0. The molecule has 1 rings (SSSR count). The van der Waals surface area contributed by atoms with Gasteiger partial charge in [-0.3, -0.25) is 9.59 Å². The molecule has 0 unspecified atom stereocenters. The molecule has 1 aromatic rings. The lowest BCUT2D eigenvalue weighted by Gasteiger charge is -2.05. The van der Waals surface area contributed by atoms with Gasteiger partial charge in [0.25, 0.3) is 0 Å². The van der Waals surface area contributed by atoms with Crippen molar-refractivity contribution in [3.63, 3.8) is 0 Å². The molecule has 0 bridgehead atoms. The molecular weight excluding hydrogens is 296 g/mol. The number of rotatable bonds is 7. The van der Waals surface area contributed by atoms with E-state index in [9.17, 15) is 14.4 Å². The highest BCUT2D eigenvalue weighted by Gasteiger charge is 2.18. The number of carbonyl (C=O) groups excluding carboxylic acids is 2. The number of nitrogens with one attached hydrogen (secondary N) is 1. The Kier molecular flexibility index (Phi) is 6.29. The van der Waals surface area contributed by atoms with Gasteiger partial charge in [0.05, 0.1) is 11.8 Å². The van der Waals surface area contributed by atoms with Crippen molar-refractivity contribution in [1.82, 2.24) is 4.98 Å². The van der Waals surface area contributed by atoms with Gasteiger partial charge in [0.2, 0.25) is 5.91 Å². The molecule has 116 valence electrons. The van der Waals surface area contributed by atoms with Crippen LogP contribution < -0.4 is 5.32 Å². The topological polar surface area (TPSA) is 106 Å². The minimum atomic E-state index is -0.938. The summed E-state index contributed by atoms with van der Waals surface area (Å²) in [5.41, 5.74) is 0.492. The molecule has 21 heavy (non-hydrogen) atoms. The number of aromatic nitrogens is 1. The Labute approximate surface area is 126 Å². The van der Waals surface area contributed by atoms with Crippen LogP contribution in [0.1, 0.15) is 48.5 Å².